The number of nitrogens with two attached hydrogens (primary N) is 1. The molecule has 0 bridgehead atoms. The summed E-state index contributed by atoms with van der Waals surface area (Å²) in [5.74, 6) is -0.803. The highest BCUT2D eigenvalue weighted by molar-refractivity contribution is 5.85. The van der Waals surface area contributed by atoms with Crippen LogP contribution in [-0.4, -0.2) is 34.4 Å². The van der Waals surface area contributed by atoms with Gasteiger partial charge in [-0.05, 0) is 40.0 Å². The average molecular weight is 258 g/mol. The van der Waals surface area contributed by atoms with Gasteiger partial charge in [-0.15, -0.1) is 0 Å². The summed E-state index contributed by atoms with van der Waals surface area (Å²) >= 11 is 0. The Labute approximate surface area is 107 Å². The van der Waals surface area contributed by atoms with Crippen molar-refractivity contribution in [1.82, 2.24) is 5.32 Å². The molecular weight excluding hydrogens is 236 g/mol. The number of rotatable bonds is 2. The largest absolute Gasteiger partial charge is 0.444 e. The molecule has 6 nitrogen and oxygen atoms in total. The zero-order valence-corrected chi connectivity index (χ0v) is 11.2. The standard InChI is InChI=1S/C12H22N2O4/c1-11(2,3)18-10(16)14-8-6-4-5-7-12(8,17)9(13)15/h8,17H,4-7H2,1-3H3,(H2,13,15)(H,14,16). The minimum atomic E-state index is -1.67. The Balaban J connectivity index is 2.69. The van der Waals surface area contributed by atoms with Gasteiger partial charge in [-0.3, -0.25) is 4.79 Å². The van der Waals surface area contributed by atoms with E-state index in [9.17, 15) is 14.7 Å². The van der Waals surface area contributed by atoms with E-state index in [-0.39, 0.29) is 6.42 Å². The maximum absolute atomic E-state index is 11.6. The lowest BCUT2D eigenvalue weighted by molar-refractivity contribution is -0.142. The van der Waals surface area contributed by atoms with Crippen LogP contribution in [0.1, 0.15) is 46.5 Å². The molecule has 2 amide bonds. The summed E-state index contributed by atoms with van der Waals surface area (Å²) in [6.07, 6.45) is 1.68. The van der Waals surface area contributed by atoms with E-state index in [0.717, 1.165) is 6.42 Å². The van der Waals surface area contributed by atoms with Crippen LogP contribution in [-0.2, 0) is 9.53 Å². The van der Waals surface area contributed by atoms with Crippen LogP contribution in [0.25, 0.3) is 0 Å². The quantitative estimate of drug-likeness (QED) is 0.677. The molecule has 0 spiro atoms. The van der Waals surface area contributed by atoms with Gasteiger partial charge < -0.3 is 20.9 Å². The van der Waals surface area contributed by atoms with Gasteiger partial charge in [0, 0.05) is 0 Å². The molecule has 18 heavy (non-hydrogen) atoms. The molecule has 2 unspecified atom stereocenters. The zero-order chi connectivity index (χ0) is 14.0. The van der Waals surface area contributed by atoms with Crippen molar-refractivity contribution >= 4 is 12.0 Å². The van der Waals surface area contributed by atoms with E-state index in [1.807, 2.05) is 0 Å². The molecule has 6 heteroatoms. The minimum Gasteiger partial charge on any atom is -0.444 e. The first-order valence-electron chi connectivity index (χ1n) is 6.17. The van der Waals surface area contributed by atoms with Crippen LogP contribution in [0.5, 0.6) is 0 Å². The van der Waals surface area contributed by atoms with Gasteiger partial charge in [0.25, 0.3) is 5.91 Å². The van der Waals surface area contributed by atoms with Crippen molar-refractivity contribution in [1.29, 1.82) is 0 Å². The van der Waals surface area contributed by atoms with E-state index in [1.54, 1.807) is 20.8 Å². The predicted molar refractivity (Wildman–Crippen MR) is 65.8 cm³/mol. The summed E-state index contributed by atoms with van der Waals surface area (Å²) in [5.41, 5.74) is 2.92. The van der Waals surface area contributed by atoms with Gasteiger partial charge in [-0.1, -0.05) is 6.42 Å². The molecular formula is C12H22N2O4. The Morgan fingerprint density at radius 2 is 2.00 bits per heavy atom. The maximum Gasteiger partial charge on any atom is 0.407 e. The van der Waals surface area contributed by atoms with Gasteiger partial charge in [0.15, 0.2) is 5.60 Å². The highest BCUT2D eigenvalue weighted by Crippen LogP contribution is 2.28. The first-order valence-corrected chi connectivity index (χ1v) is 6.17. The molecule has 1 fully saturated rings. The van der Waals surface area contributed by atoms with E-state index in [0.29, 0.717) is 12.8 Å². The Morgan fingerprint density at radius 3 is 2.50 bits per heavy atom. The number of primary amides is 1. The summed E-state index contributed by atoms with van der Waals surface area (Å²) in [6, 6.07) is -0.682. The molecule has 0 heterocycles. The van der Waals surface area contributed by atoms with Crippen LogP contribution in [0.4, 0.5) is 4.79 Å². The smallest absolute Gasteiger partial charge is 0.407 e. The highest BCUT2D eigenvalue weighted by atomic mass is 16.6. The lowest BCUT2D eigenvalue weighted by Crippen LogP contribution is -2.61. The number of alkyl carbamates (subject to hydrolysis) is 1. The molecule has 104 valence electrons. The monoisotopic (exact) mass is 258 g/mol. The lowest BCUT2D eigenvalue weighted by Gasteiger charge is -2.37. The number of carbonyl (C=O) groups is 2. The van der Waals surface area contributed by atoms with Crippen LogP contribution in [0, 0.1) is 0 Å². The Kier molecular flexibility index (Phi) is 4.21. The third-order valence-electron chi connectivity index (χ3n) is 2.99. The Hall–Kier alpha value is -1.30. The second-order valence-electron chi connectivity index (χ2n) is 5.73. The van der Waals surface area contributed by atoms with E-state index >= 15 is 0 Å². The predicted octanol–water partition coefficient (Wildman–Crippen LogP) is 0.670. The maximum atomic E-state index is 11.6. The molecule has 2 atom stereocenters. The zero-order valence-electron chi connectivity index (χ0n) is 11.2. The number of ether oxygens (including phenoxy) is 1. The fourth-order valence-corrected chi connectivity index (χ4v) is 2.09. The number of aliphatic hydroxyl groups is 1. The number of nitrogens with one attached hydrogen (secondary N) is 1. The minimum absolute atomic E-state index is 0.267. The average Bonchev–Trinajstić information content (AvgIpc) is 2.18. The molecule has 0 radical (unpaired) electrons. The molecule has 4 N–H and O–H groups in total. The van der Waals surface area contributed by atoms with Crippen molar-refractivity contribution < 1.29 is 19.4 Å². The van der Waals surface area contributed by atoms with Gasteiger partial charge in [-0.2, -0.15) is 0 Å². The Bertz CT molecular complexity index is 337. The van der Waals surface area contributed by atoms with Crippen molar-refractivity contribution in [2.75, 3.05) is 0 Å². The van der Waals surface area contributed by atoms with E-state index < -0.39 is 29.2 Å². The van der Waals surface area contributed by atoms with Crippen LogP contribution in [0.15, 0.2) is 0 Å². The summed E-state index contributed by atoms with van der Waals surface area (Å²) in [7, 11) is 0. The number of amides is 2. The van der Waals surface area contributed by atoms with E-state index in [4.69, 9.17) is 10.5 Å². The van der Waals surface area contributed by atoms with E-state index in [2.05, 4.69) is 5.32 Å². The Morgan fingerprint density at radius 1 is 1.39 bits per heavy atom. The molecule has 0 aromatic carbocycles. The molecule has 0 aliphatic heterocycles. The topological polar surface area (TPSA) is 102 Å². The van der Waals surface area contributed by atoms with Crippen molar-refractivity contribution in [2.24, 2.45) is 5.73 Å². The highest BCUT2D eigenvalue weighted by Gasteiger charge is 2.45. The van der Waals surface area contributed by atoms with Crippen LogP contribution >= 0.6 is 0 Å². The second kappa shape index (κ2) is 5.14. The van der Waals surface area contributed by atoms with Gasteiger partial charge in [0.1, 0.15) is 5.60 Å². The summed E-state index contributed by atoms with van der Waals surface area (Å²) < 4.78 is 5.10. The van der Waals surface area contributed by atoms with Gasteiger partial charge in [0.2, 0.25) is 0 Å². The molecule has 0 saturated heterocycles. The number of carbonyl (C=O) groups excluding carboxylic acids is 2. The summed E-state index contributed by atoms with van der Waals surface area (Å²) in [5, 5.41) is 12.7. The number of hydrogen-bond donors (Lipinski definition) is 3. The first kappa shape index (κ1) is 14.8. The molecule has 0 aromatic rings. The van der Waals surface area contributed by atoms with Crippen LogP contribution < -0.4 is 11.1 Å². The number of hydrogen-bond acceptors (Lipinski definition) is 4. The lowest BCUT2D eigenvalue weighted by atomic mass is 9.80. The third kappa shape index (κ3) is 3.60. The van der Waals surface area contributed by atoms with E-state index in [1.165, 1.54) is 0 Å². The van der Waals surface area contributed by atoms with Crippen molar-refractivity contribution in [3.05, 3.63) is 0 Å². The third-order valence-corrected chi connectivity index (χ3v) is 2.99. The fraction of sp³-hybridized carbons (Fsp3) is 0.833. The summed E-state index contributed by atoms with van der Waals surface area (Å²) in [4.78, 5) is 23.0. The summed E-state index contributed by atoms with van der Waals surface area (Å²) in [6.45, 7) is 5.23. The molecule has 1 rings (SSSR count). The molecule has 1 aliphatic rings. The first-order chi connectivity index (χ1) is 8.15. The SMILES string of the molecule is CC(C)(C)OC(=O)NC1CCCCC1(O)C(N)=O. The van der Waals surface area contributed by atoms with Gasteiger partial charge >= 0.3 is 6.09 Å². The normalized spacial score (nSPS) is 28.6. The fourth-order valence-electron chi connectivity index (χ4n) is 2.09. The molecule has 1 aliphatic carbocycles. The van der Waals surface area contributed by atoms with Gasteiger partial charge in [-0.25, -0.2) is 4.79 Å². The van der Waals surface area contributed by atoms with Gasteiger partial charge in [0.05, 0.1) is 6.04 Å². The van der Waals surface area contributed by atoms with Crippen LogP contribution in [0.3, 0.4) is 0 Å². The van der Waals surface area contributed by atoms with Crippen LogP contribution in [0.2, 0.25) is 0 Å². The van der Waals surface area contributed by atoms with Crippen molar-refractivity contribution in [2.45, 2.75) is 63.7 Å². The molecule has 1 saturated carbocycles. The second-order valence-corrected chi connectivity index (χ2v) is 5.73. The van der Waals surface area contributed by atoms with Crippen molar-refractivity contribution in [3.8, 4) is 0 Å². The van der Waals surface area contributed by atoms with Crippen molar-refractivity contribution in [3.63, 3.8) is 0 Å². The molecule has 0 aromatic heterocycles.